The van der Waals surface area contributed by atoms with E-state index in [0.29, 0.717) is 17.1 Å². The maximum absolute atomic E-state index is 12.8. The van der Waals surface area contributed by atoms with E-state index in [1.54, 1.807) is 0 Å². The maximum atomic E-state index is 12.8. The van der Waals surface area contributed by atoms with Crippen molar-refractivity contribution in [2.45, 2.75) is 44.5 Å². The Morgan fingerprint density at radius 2 is 2.10 bits per heavy atom. The Balaban J connectivity index is 2.25. The van der Waals surface area contributed by atoms with Gasteiger partial charge in [0.05, 0.1) is 16.3 Å². The van der Waals surface area contributed by atoms with E-state index in [4.69, 9.17) is 11.6 Å². The van der Waals surface area contributed by atoms with Gasteiger partial charge in [-0.05, 0) is 44.2 Å². The van der Waals surface area contributed by atoms with Crippen molar-refractivity contribution in [1.82, 2.24) is 9.55 Å². The average Bonchev–Trinajstić information content (AvgIpc) is 2.85. The third-order valence-corrected chi connectivity index (χ3v) is 4.42. The van der Waals surface area contributed by atoms with Crippen LogP contribution in [0.5, 0.6) is 0 Å². The van der Waals surface area contributed by atoms with Crippen LogP contribution in [0.4, 0.5) is 0 Å². The van der Waals surface area contributed by atoms with Crippen molar-refractivity contribution in [3.63, 3.8) is 0 Å². The topological polar surface area (TPSA) is 34.9 Å². The predicted octanol–water partition coefficient (Wildman–Crippen LogP) is 4.06. The predicted molar refractivity (Wildman–Crippen MR) is 82.3 cm³/mol. The summed E-state index contributed by atoms with van der Waals surface area (Å²) < 4.78 is 1.85. The fourth-order valence-corrected chi connectivity index (χ4v) is 3.36. The van der Waals surface area contributed by atoms with Crippen molar-refractivity contribution in [1.29, 1.82) is 0 Å². The van der Waals surface area contributed by atoms with Gasteiger partial charge in [-0.3, -0.25) is 9.36 Å². The third kappa shape index (κ3) is 2.24. The molecule has 0 aliphatic heterocycles. The van der Waals surface area contributed by atoms with Gasteiger partial charge in [-0.25, -0.2) is 4.98 Å². The second-order valence-electron chi connectivity index (χ2n) is 5.85. The Labute approximate surface area is 123 Å². The SMILES string of the molecule is CC1CCC(n2c(C(C)Cl)nc3ccccc3c2=O)C1. The first-order valence-corrected chi connectivity index (χ1v) is 7.67. The summed E-state index contributed by atoms with van der Waals surface area (Å²) in [6.07, 6.45) is 3.24. The quantitative estimate of drug-likeness (QED) is 0.782. The third-order valence-electron chi connectivity index (χ3n) is 4.22. The van der Waals surface area contributed by atoms with Gasteiger partial charge in [0.15, 0.2) is 0 Å². The van der Waals surface area contributed by atoms with Crippen LogP contribution in [-0.2, 0) is 0 Å². The number of nitrogens with zero attached hydrogens (tertiary/aromatic N) is 2. The first-order valence-electron chi connectivity index (χ1n) is 7.23. The number of rotatable bonds is 2. The summed E-state index contributed by atoms with van der Waals surface area (Å²) in [6.45, 7) is 4.12. The van der Waals surface area contributed by atoms with Crippen molar-refractivity contribution in [2.75, 3.05) is 0 Å². The highest BCUT2D eigenvalue weighted by molar-refractivity contribution is 6.20. The standard InChI is InChI=1S/C16H19ClN2O/c1-10-7-8-12(9-10)19-15(11(2)17)18-14-6-4-3-5-13(14)16(19)20/h3-6,10-12H,7-9H2,1-2H3. The van der Waals surface area contributed by atoms with Crippen molar-refractivity contribution in [3.8, 4) is 0 Å². The lowest BCUT2D eigenvalue weighted by Crippen LogP contribution is -2.28. The van der Waals surface area contributed by atoms with Gasteiger partial charge in [0.1, 0.15) is 5.82 Å². The van der Waals surface area contributed by atoms with Crippen LogP contribution in [0.3, 0.4) is 0 Å². The molecule has 0 bridgehead atoms. The maximum Gasteiger partial charge on any atom is 0.261 e. The minimum absolute atomic E-state index is 0.0530. The molecule has 3 unspecified atom stereocenters. The summed E-state index contributed by atoms with van der Waals surface area (Å²) in [4.78, 5) is 17.4. The molecule has 106 valence electrons. The molecule has 4 heteroatoms. The smallest absolute Gasteiger partial charge is 0.261 e. The van der Waals surface area contributed by atoms with E-state index in [2.05, 4.69) is 11.9 Å². The highest BCUT2D eigenvalue weighted by Gasteiger charge is 2.27. The normalized spacial score (nSPS) is 24.1. The molecule has 1 aromatic heterocycles. The minimum atomic E-state index is -0.261. The summed E-state index contributed by atoms with van der Waals surface area (Å²) in [5.74, 6) is 1.37. The molecule has 0 N–H and O–H groups in total. The molecule has 1 saturated carbocycles. The highest BCUT2D eigenvalue weighted by atomic mass is 35.5. The van der Waals surface area contributed by atoms with Crippen LogP contribution in [0.1, 0.15) is 50.4 Å². The average molecular weight is 291 g/mol. The number of benzene rings is 1. The molecule has 1 aromatic carbocycles. The first-order chi connectivity index (χ1) is 9.58. The van der Waals surface area contributed by atoms with Crippen molar-refractivity contribution in [3.05, 3.63) is 40.4 Å². The number of halogens is 1. The molecule has 20 heavy (non-hydrogen) atoms. The van der Waals surface area contributed by atoms with Gasteiger partial charge in [0, 0.05) is 6.04 Å². The molecule has 3 atom stereocenters. The van der Waals surface area contributed by atoms with Crippen LogP contribution < -0.4 is 5.56 Å². The molecule has 0 saturated heterocycles. The lowest BCUT2D eigenvalue weighted by Gasteiger charge is -2.20. The fourth-order valence-electron chi connectivity index (χ4n) is 3.21. The summed E-state index contributed by atoms with van der Waals surface area (Å²) in [5.41, 5.74) is 0.791. The highest BCUT2D eigenvalue weighted by Crippen LogP contribution is 2.35. The molecule has 3 nitrogen and oxygen atoms in total. The molecule has 1 fully saturated rings. The van der Waals surface area contributed by atoms with Crippen LogP contribution in [-0.4, -0.2) is 9.55 Å². The van der Waals surface area contributed by atoms with Gasteiger partial charge in [0.25, 0.3) is 5.56 Å². The molecule has 1 aliphatic rings. The van der Waals surface area contributed by atoms with E-state index in [1.165, 1.54) is 6.42 Å². The lowest BCUT2D eigenvalue weighted by atomic mass is 10.1. The molecule has 1 heterocycles. The van der Waals surface area contributed by atoms with Gasteiger partial charge in [-0.1, -0.05) is 19.1 Å². The first kappa shape index (κ1) is 13.6. The molecular weight excluding hydrogens is 272 g/mol. The number of alkyl halides is 1. The minimum Gasteiger partial charge on any atom is -0.292 e. The second-order valence-corrected chi connectivity index (χ2v) is 6.51. The Kier molecular flexibility index (Phi) is 3.55. The summed E-state index contributed by atoms with van der Waals surface area (Å²) >= 11 is 6.27. The summed E-state index contributed by atoms with van der Waals surface area (Å²) in [6, 6.07) is 7.75. The van der Waals surface area contributed by atoms with E-state index >= 15 is 0 Å². The van der Waals surface area contributed by atoms with Gasteiger partial charge in [-0.15, -0.1) is 11.6 Å². The number of para-hydroxylation sites is 1. The van der Waals surface area contributed by atoms with E-state index < -0.39 is 0 Å². The number of aromatic nitrogens is 2. The Bertz CT molecular complexity index is 692. The van der Waals surface area contributed by atoms with E-state index in [-0.39, 0.29) is 17.0 Å². The number of fused-ring (bicyclic) bond motifs is 1. The summed E-state index contributed by atoms with van der Waals surface area (Å²) in [5, 5.41) is 0.427. The Morgan fingerprint density at radius 1 is 1.35 bits per heavy atom. The van der Waals surface area contributed by atoms with Gasteiger partial charge < -0.3 is 0 Å². The molecule has 0 amide bonds. The van der Waals surface area contributed by atoms with Crippen molar-refractivity contribution < 1.29 is 0 Å². The van der Waals surface area contributed by atoms with Crippen molar-refractivity contribution >= 4 is 22.5 Å². The van der Waals surface area contributed by atoms with Crippen LogP contribution in [0, 0.1) is 5.92 Å². The molecule has 2 aromatic rings. The molecule has 1 aliphatic carbocycles. The zero-order chi connectivity index (χ0) is 14.3. The van der Waals surface area contributed by atoms with Gasteiger partial charge in [0.2, 0.25) is 0 Å². The monoisotopic (exact) mass is 290 g/mol. The van der Waals surface area contributed by atoms with Crippen LogP contribution >= 0.6 is 11.6 Å². The lowest BCUT2D eigenvalue weighted by molar-refractivity contribution is 0.459. The number of hydrogen-bond donors (Lipinski definition) is 0. The van der Waals surface area contributed by atoms with E-state index in [0.717, 1.165) is 18.4 Å². The van der Waals surface area contributed by atoms with E-state index in [9.17, 15) is 4.79 Å². The zero-order valence-corrected chi connectivity index (χ0v) is 12.6. The number of hydrogen-bond acceptors (Lipinski definition) is 2. The fraction of sp³-hybridized carbons (Fsp3) is 0.500. The molecule has 0 spiro atoms. The Morgan fingerprint density at radius 3 is 2.75 bits per heavy atom. The van der Waals surface area contributed by atoms with Crippen LogP contribution in [0.15, 0.2) is 29.1 Å². The zero-order valence-electron chi connectivity index (χ0n) is 11.8. The second kappa shape index (κ2) is 5.21. The van der Waals surface area contributed by atoms with Gasteiger partial charge >= 0.3 is 0 Å². The van der Waals surface area contributed by atoms with Crippen molar-refractivity contribution in [2.24, 2.45) is 5.92 Å². The largest absolute Gasteiger partial charge is 0.292 e. The Hall–Kier alpha value is -1.35. The molecule has 0 radical (unpaired) electrons. The summed E-state index contributed by atoms with van der Waals surface area (Å²) in [7, 11) is 0. The molecular formula is C16H19ClN2O. The van der Waals surface area contributed by atoms with Gasteiger partial charge in [-0.2, -0.15) is 0 Å². The van der Waals surface area contributed by atoms with E-state index in [1.807, 2.05) is 35.8 Å². The van der Waals surface area contributed by atoms with Crippen LogP contribution in [0.25, 0.3) is 10.9 Å². The molecule has 3 rings (SSSR count). The van der Waals surface area contributed by atoms with Crippen LogP contribution in [0.2, 0.25) is 0 Å².